The molecule has 0 aromatic carbocycles. The summed E-state index contributed by atoms with van der Waals surface area (Å²) in [6.45, 7) is 5.09. The number of alkyl halides is 2. The van der Waals surface area contributed by atoms with Crippen molar-refractivity contribution < 1.29 is 17.6 Å². The maximum atomic E-state index is 13.2. The number of hydrogen-bond acceptors (Lipinski definition) is 6. The summed E-state index contributed by atoms with van der Waals surface area (Å²) >= 11 is 5.69. The third-order valence-corrected chi connectivity index (χ3v) is 4.00. The molecule has 0 aliphatic heterocycles. The highest BCUT2D eigenvalue weighted by molar-refractivity contribution is 6.29. The normalized spacial score (nSPS) is 11.8. The Balaban J connectivity index is 0.000000169. The van der Waals surface area contributed by atoms with Crippen LogP contribution in [0.1, 0.15) is 30.0 Å². The minimum Gasteiger partial charge on any atom is -0.270 e. The summed E-state index contributed by atoms with van der Waals surface area (Å²) in [5.74, 6) is -5.07. The summed E-state index contributed by atoms with van der Waals surface area (Å²) in [7, 11) is 0. The number of fused-ring (bicyclic) bond motifs is 2. The van der Waals surface area contributed by atoms with Gasteiger partial charge in [-0.2, -0.15) is 32.2 Å². The monoisotopic (exact) mass is 432 g/mol. The lowest BCUT2D eigenvalue weighted by Gasteiger charge is -2.03. The molecule has 0 spiro atoms. The van der Waals surface area contributed by atoms with Crippen LogP contribution in [0, 0.1) is 32.4 Å². The zero-order chi connectivity index (χ0) is 21.7. The molecule has 0 amide bonds. The number of nitrogens with one attached hydrogen (secondary N) is 1. The predicted octanol–water partition coefficient (Wildman–Crippen LogP) is 2.51. The van der Waals surface area contributed by atoms with Crippen molar-refractivity contribution >= 4 is 23.2 Å². The quantitative estimate of drug-likeness (QED) is 0.366. The van der Waals surface area contributed by atoms with Gasteiger partial charge in [-0.1, -0.05) is 11.6 Å². The van der Waals surface area contributed by atoms with E-state index in [9.17, 15) is 22.4 Å². The van der Waals surface area contributed by atoms with Crippen molar-refractivity contribution in [1.29, 1.82) is 0 Å². The molecule has 1 N–H and O–H groups in total. The number of nitrogens with zero attached hydrogens (tertiary/aromatic N) is 7. The van der Waals surface area contributed by atoms with Crippen LogP contribution in [0.2, 0.25) is 5.15 Å². The molecule has 0 bridgehead atoms. The number of rotatable bonds is 1. The molecule has 0 aliphatic carbocycles. The molecule has 4 aromatic rings. The Morgan fingerprint density at radius 3 is 2.17 bits per heavy atom. The Morgan fingerprint density at radius 1 is 0.966 bits per heavy atom. The molecule has 0 atom stereocenters. The van der Waals surface area contributed by atoms with Gasteiger partial charge in [0.15, 0.2) is 16.8 Å². The Kier molecular flexibility index (Phi) is 5.03. The van der Waals surface area contributed by atoms with Crippen molar-refractivity contribution in [3.05, 3.63) is 50.2 Å². The van der Waals surface area contributed by atoms with Crippen molar-refractivity contribution in [2.24, 2.45) is 0 Å². The maximum absolute atomic E-state index is 13.2. The van der Waals surface area contributed by atoms with E-state index in [1.165, 1.54) is 18.4 Å². The molecular weight excluding hydrogens is 420 g/mol. The number of hydrogen-bond donors (Lipinski definition) is 1. The zero-order valence-corrected chi connectivity index (χ0v) is 16.2. The van der Waals surface area contributed by atoms with Crippen LogP contribution in [0.3, 0.4) is 0 Å². The van der Waals surface area contributed by atoms with Gasteiger partial charge in [0.1, 0.15) is 5.82 Å². The standard InChI is InChI=1S/C8H7F3N4O.C7H6ClFN4/c1-3-4(9)5(16)15-7(12-3)13-6(14-15)8(2,10)11;1-3-5(9)6(8)13-7(10-3)11-4(2)12-13/h1-2H3,(H,12,13,14);1-2H3. The van der Waals surface area contributed by atoms with E-state index < -0.39 is 28.9 Å². The molecular formula is C15H13ClF4N8O. The van der Waals surface area contributed by atoms with Gasteiger partial charge in [0.25, 0.3) is 11.6 Å². The molecule has 4 rings (SSSR count). The highest BCUT2D eigenvalue weighted by Gasteiger charge is 2.29. The molecule has 4 aromatic heterocycles. The second-order valence-corrected chi connectivity index (χ2v) is 6.44. The average molecular weight is 433 g/mol. The number of aromatic nitrogens is 8. The maximum Gasteiger partial charge on any atom is 0.310 e. The lowest BCUT2D eigenvalue weighted by atomic mass is 10.4. The first-order valence-electron chi connectivity index (χ1n) is 7.98. The first-order valence-corrected chi connectivity index (χ1v) is 8.36. The van der Waals surface area contributed by atoms with E-state index >= 15 is 0 Å². The van der Waals surface area contributed by atoms with E-state index in [1.807, 2.05) is 5.10 Å². The fourth-order valence-corrected chi connectivity index (χ4v) is 2.50. The van der Waals surface area contributed by atoms with Gasteiger partial charge < -0.3 is 0 Å². The minimum absolute atomic E-state index is 0.0805. The SMILES string of the molecule is Cc1nc2nc(C(C)(F)F)[nH]n2c(=O)c1F.Cc1nc2nc(C)c(F)c(Cl)n2n1. The summed E-state index contributed by atoms with van der Waals surface area (Å²) in [6.07, 6.45) is 0. The van der Waals surface area contributed by atoms with Gasteiger partial charge in [0.05, 0.1) is 11.4 Å². The number of halogens is 5. The number of aromatic amines is 1. The molecule has 0 saturated carbocycles. The second-order valence-electron chi connectivity index (χ2n) is 6.09. The Hall–Kier alpha value is -3.09. The predicted molar refractivity (Wildman–Crippen MR) is 93.1 cm³/mol. The molecule has 29 heavy (non-hydrogen) atoms. The first-order chi connectivity index (χ1) is 13.4. The lowest BCUT2D eigenvalue weighted by Crippen LogP contribution is -2.21. The van der Waals surface area contributed by atoms with Gasteiger partial charge in [0, 0.05) is 6.92 Å². The summed E-state index contributed by atoms with van der Waals surface area (Å²) in [4.78, 5) is 26.2. The van der Waals surface area contributed by atoms with Crippen LogP contribution in [-0.2, 0) is 5.92 Å². The minimum atomic E-state index is -3.25. The summed E-state index contributed by atoms with van der Waals surface area (Å²) in [5, 5.41) is 5.82. The Labute approximate surface area is 164 Å². The van der Waals surface area contributed by atoms with E-state index in [2.05, 4.69) is 25.0 Å². The van der Waals surface area contributed by atoms with Crippen molar-refractivity contribution in [3.63, 3.8) is 0 Å². The Morgan fingerprint density at radius 2 is 1.55 bits per heavy atom. The van der Waals surface area contributed by atoms with Crippen LogP contribution in [0.4, 0.5) is 17.6 Å². The molecule has 14 heteroatoms. The Bertz CT molecular complexity index is 1290. The van der Waals surface area contributed by atoms with Crippen LogP contribution >= 0.6 is 11.6 Å². The van der Waals surface area contributed by atoms with Crippen molar-refractivity contribution in [3.8, 4) is 0 Å². The molecule has 0 unspecified atom stereocenters. The molecule has 0 saturated heterocycles. The van der Waals surface area contributed by atoms with Crippen LogP contribution in [0.15, 0.2) is 4.79 Å². The van der Waals surface area contributed by atoms with E-state index in [0.29, 0.717) is 23.0 Å². The van der Waals surface area contributed by atoms with Crippen molar-refractivity contribution in [2.75, 3.05) is 0 Å². The number of aryl methyl sites for hydroxylation is 3. The zero-order valence-electron chi connectivity index (χ0n) is 15.4. The van der Waals surface area contributed by atoms with Gasteiger partial charge in [-0.25, -0.2) is 14.4 Å². The molecule has 154 valence electrons. The summed E-state index contributed by atoms with van der Waals surface area (Å²) in [6, 6.07) is 0. The van der Waals surface area contributed by atoms with Crippen LogP contribution < -0.4 is 5.56 Å². The largest absolute Gasteiger partial charge is 0.310 e. The van der Waals surface area contributed by atoms with E-state index in [-0.39, 0.29) is 22.3 Å². The average Bonchev–Trinajstić information content (AvgIpc) is 3.21. The topological polar surface area (TPSA) is 106 Å². The van der Waals surface area contributed by atoms with Crippen LogP contribution in [-0.4, -0.2) is 39.2 Å². The molecule has 0 aliphatic rings. The fraction of sp³-hybridized carbons (Fsp3) is 0.333. The van der Waals surface area contributed by atoms with E-state index in [0.717, 1.165) is 0 Å². The highest BCUT2D eigenvalue weighted by Crippen LogP contribution is 2.23. The summed E-state index contributed by atoms with van der Waals surface area (Å²) in [5.41, 5.74) is -1.03. The molecule has 0 fully saturated rings. The van der Waals surface area contributed by atoms with E-state index in [1.54, 1.807) is 6.92 Å². The smallest absolute Gasteiger partial charge is 0.270 e. The number of H-pyrrole nitrogens is 1. The summed E-state index contributed by atoms with van der Waals surface area (Å²) < 4.78 is 53.8. The van der Waals surface area contributed by atoms with Crippen LogP contribution in [0.25, 0.3) is 11.6 Å². The van der Waals surface area contributed by atoms with Gasteiger partial charge in [-0.05, 0) is 20.8 Å². The van der Waals surface area contributed by atoms with Gasteiger partial charge in [-0.15, -0.1) is 5.10 Å². The van der Waals surface area contributed by atoms with Gasteiger partial charge >= 0.3 is 11.5 Å². The van der Waals surface area contributed by atoms with E-state index in [4.69, 9.17) is 11.6 Å². The molecule has 0 radical (unpaired) electrons. The molecule has 4 heterocycles. The second kappa shape index (κ2) is 7.06. The molecule has 9 nitrogen and oxygen atoms in total. The highest BCUT2D eigenvalue weighted by atomic mass is 35.5. The lowest BCUT2D eigenvalue weighted by molar-refractivity contribution is 0.00794. The first kappa shape index (κ1) is 20.6. The van der Waals surface area contributed by atoms with Crippen molar-refractivity contribution in [1.82, 2.24) is 39.2 Å². The van der Waals surface area contributed by atoms with Crippen LogP contribution in [0.5, 0.6) is 0 Å². The van der Waals surface area contributed by atoms with Gasteiger partial charge in [0.2, 0.25) is 5.82 Å². The third-order valence-electron chi connectivity index (χ3n) is 3.67. The fourth-order valence-electron chi connectivity index (χ4n) is 2.25. The van der Waals surface area contributed by atoms with Crippen molar-refractivity contribution in [2.45, 2.75) is 33.6 Å². The third kappa shape index (κ3) is 3.77. The van der Waals surface area contributed by atoms with Gasteiger partial charge in [-0.3, -0.25) is 9.89 Å².